The van der Waals surface area contributed by atoms with Crippen LogP contribution in [0.15, 0.2) is 17.0 Å². The molecule has 4 rings (SSSR count). The molecule has 3 heterocycles. The van der Waals surface area contributed by atoms with E-state index in [2.05, 4.69) is 0 Å². The number of carbonyl (C=O) groups excluding carboxylic acids is 1. The number of sulfonamides is 1. The first-order valence-corrected chi connectivity index (χ1v) is 9.92. The van der Waals surface area contributed by atoms with Crippen LogP contribution in [0.25, 0.3) is 0 Å². The first kappa shape index (κ1) is 16.1. The fourth-order valence-corrected chi connectivity index (χ4v) is 5.77. The molecule has 0 N–H and O–H groups in total. The number of ether oxygens (including phenoxy) is 1. The van der Waals surface area contributed by atoms with Gasteiger partial charge in [-0.2, -0.15) is 4.31 Å². The largest absolute Gasteiger partial charge is 0.373 e. The summed E-state index contributed by atoms with van der Waals surface area (Å²) in [5.74, 6) is 0.0779. The highest BCUT2D eigenvalue weighted by Crippen LogP contribution is 2.39. The quantitative estimate of drug-likeness (QED) is 0.807. The van der Waals surface area contributed by atoms with Gasteiger partial charge in [0.2, 0.25) is 15.9 Å². The van der Waals surface area contributed by atoms with Gasteiger partial charge < -0.3 is 9.64 Å². The number of benzene rings is 1. The number of hydrogen-bond donors (Lipinski definition) is 0. The molecule has 3 aliphatic heterocycles. The number of rotatable bonds is 2. The zero-order valence-corrected chi connectivity index (χ0v) is 14.8. The lowest BCUT2D eigenvalue weighted by Crippen LogP contribution is -2.48. The smallest absolute Gasteiger partial charge is 0.243 e. The molecule has 3 aliphatic rings. The lowest BCUT2D eigenvalue weighted by molar-refractivity contribution is -0.117. The van der Waals surface area contributed by atoms with Gasteiger partial charge in [0.1, 0.15) is 0 Å². The molecule has 130 valence electrons. The van der Waals surface area contributed by atoms with Gasteiger partial charge >= 0.3 is 0 Å². The van der Waals surface area contributed by atoms with Gasteiger partial charge in [-0.3, -0.25) is 4.79 Å². The Bertz CT molecular complexity index is 795. The maximum Gasteiger partial charge on any atom is 0.243 e. The van der Waals surface area contributed by atoms with E-state index in [1.807, 2.05) is 18.7 Å². The number of nitrogens with zero attached hydrogens (tertiary/aromatic N) is 2. The zero-order valence-electron chi connectivity index (χ0n) is 14.0. The van der Waals surface area contributed by atoms with Crippen LogP contribution < -0.4 is 4.90 Å². The fraction of sp³-hybridized carbons (Fsp3) is 0.588. The second-order valence-electron chi connectivity index (χ2n) is 7.00. The molecule has 2 atom stereocenters. The van der Waals surface area contributed by atoms with Crippen LogP contribution in [0.4, 0.5) is 5.69 Å². The Morgan fingerprint density at radius 2 is 1.79 bits per heavy atom. The number of anilines is 1. The summed E-state index contributed by atoms with van der Waals surface area (Å²) in [5, 5.41) is 0. The minimum absolute atomic E-state index is 0.0779. The van der Waals surface area contributed by atoms with Gasteiger partial charge in [-0.25, -0.2) is 8.42 Å². The van der Waals surface area contributed by atoms with Crippen molar-refractivity contribution in [3.8, 4) is 0 Å². The minimum Gasteiger partial charge on any atom is -0.373 e. The Morgan fingerprint density at radius 1 is 1.12 bits per heavy atom. The van der Waals surface area contributed by atoms with Gasteiger partial charge in [0.25, 0.3) is 0 Å². The molecule has 0 aromatic heterocycles. The fourth-order valence-electron chi connectivity index (χ4n) is 4.07. The standard InChI is InChI=1S/C17H22N2O4S/c1-11-9-18(10-12(2)23-11)24(21,22)15-6-13-4-3-5-19-16(20)8-14(7-15)17(13)19/h6-7,11-12H,3-5,8-10H2,1-2H3/t11-,12+. The van der Waals surface area contributed by atoms with E-state index >= 15 is 0 Å². The van der Waals surface area contributed by atoms with Crippen molar-refractivity contribution < 1.29 is 17.9 Å². The lowest BCUT2D eigenvalue weighted by atomic mass is 10.0. The summed E-state index contributed by atoms with van der Waals surface area (Å²) in [5.41, 5.74) is 2.79. The van der Waals surface area contributed by atoms with Crippen LogP contribution in [0.1, 0.15) is 31.4 Å². The van der Waals surface area contributed by atoms with E-state index in [-0.39, 0.29) is 18.1 Å². The summed E-state index contributed by atoms with van der Waals surface area (Å²) in [7, 11) is -3.57. The molecule has 0 spiro atoms. The van der Waals surface area contributed by atoms with Crippen molar-refractivity contribution in [2.24, 2.45) is 0 Å². The number of carbonyl (C=O) groups is 1. The normalized spacial score (nSPS) is 27.4. The van der Waals surface area contributed by atoms with Crippen LogP contribution in [0, 0.1) is 0 Å². The molecule has 0 unspecified atom stereocenters. The van der Waals surface area contributed by atoms with Crippen LogP contribution in [0.2, 0.25) is 0 Å². The van der Waals surface area contributed by atoms with Crippen molar-refractivity contribution in [3.63, 3.8) is 0 Å². The summed E-state index contributed by atoms with van der Waals surface area (Å²) in [6.07, 6.45) is 1.78. The van der Waals surface area contributed by atoms with Gasteiger partial charge in [-0.1, -0.05) is 0 Å². The monoisotopic (exact) mass is 350 g/mol. The van der Waals surface area contributed by atoms with Crippen molar-refractivity contribution in [1.82, 2.24) is 4.31 Å². The molecule has 7 heteroatoms. The Kier molecular flexibility index (Phi) is 3.71. The lowest BCUT2D eigenvalue weighted by Gasteiger charge is -2.34. The summed E-state index contributed by atoms with van der Waals surface area (Å²) in [4.78, 5) is 14.3. The molecular formula is C17H22N2O4S. The van der Waals surface area contributed by atoms with Crippen molar-refractivity contribution >= 4 is 21.6 Å². The molecule has 6 nitrogen and oxygen atoms in total. The Hall–Kier alpha value is -1.44. The molecule has 1 aromatic rings. The highest BCUT2D eigenvalue weighted by molar-refractivity contribution is 7.89. The topological polar surface area (TPSA) is 66.9 Å². The van der Waals surface area contributed by atoms with E-state index in [0.29, 0.717) is 24.4 Å². The average molecular weight is 350 g/mol. The summed E-state index contributed by atoms with van der Waals surface area (Å²) >= 11 is 0. The number of aryl methyl sites for hydroxylation is 1. The van der Waals surface area contributed by atoms with Crippen LogP contribution in [-0.2, 0) is 32.4 Å². The van der Waals surface area contributed by atoms with Crippen molar-refractivity contribution in [2.45, 2.75) is 50.2 Å². The highest BCUT2D eigenvalue weighted by Gasteiger charge is 2.36. The minimum atomic E-state index is -3.57. The van der Waals surface area contributed by atoms with Crippen molar-refractivity contribution in [3.05, 3.63) is 23.3 Å². The maximum atomic E-state index is 13.1. The van der Waals surface area contributed by atoms with Crippen LogP contribution in [0.5, 0.6) is 0 Å². The molecule has 1 amide bonds. The van der Waals surface area contributed by atoms with Crippen LogP contribution in [-0.4, -0.2) is 50.5 Å². The molecule has 0 radical (unpaired) electrons. The van der Waals surface area contributed by atoms with Crippen LogP contribution >= 0.6 is 0 Å². The first-order valence-electron chi connectivity index (χ1n) is 8.48. The van der Waals surface area contributed by atoms with E-state index in [4.69, 9.17) is 4.74 Å². The predicted octanol–water partition coefficient (Wildman–Crippen LogP) is 1.32. The predicted molar refractivity (Wildman–Crippen MR) is 89.6 cm³/mol. The van der Waals surface area contributed by atoms with Crippen molar-refractivity contribution in [1.29, 1.82) is 0 Å². The van der Waals surface area contributed by atoms with Gasteiger partial charge in [0, 0.05) is 19.6 Å². The number of amides is 1. The number of hydrogen-bond acceptors (Lipinski definition) is 4. The van der Waals surface area contributed by atoms with Crippen molar-refractivity contribution in [2.75, 3.05) is 24.5 Å². The molecule has 24 heavy (non-hydrogen) atoms. The van der Waals surface area contributed by atoms with E-state index in [1.54, 1.807) is 12.1 Å². The third-order valence-corrected chi connectivity index (χ3v) is 6.82. The van der Waals surface area contributed by atoms with Crippen LogP contribution in [0.3, 0.4) is 0 Å². The summed E-state index contributed by atoms with van der Waals surface area (Å²) in [6, 6.07) is 3.46. The van der Waals surface area contributed by atoms with Gasteiger partial charge in [-0.15, -0.1) is 0 Å². The Labute approximate surface area is 142 Å². The molecule has 1 saturated heterocycles. The molecule has 0 bridgehead atoms. The SMILES string of the molecule is C[C@@H]1CN(S(=O)(=O)c2cc3c4c(c2)CC(=O)N4CCC3)C[C@H](C)O1. The average Bonchev–Trinajstić information content (AvgIpc) is 2.84. The summed E-state index contributed by atoms with van der Waals surface area (Å²) < 4.78 is 33.4. The second kappa shape index (κ2) is 5.54. The molecule has 0 saturated carbocycles. The Balaban J connectivity index is 1.75. The third-order valence-electron chi connectivity index (χ3n) is 5.01. The Morgan fingerprint density at radius 3 is 2.50 bits per heavy atom. The first-order chi connectivity index (χ1) is 11.4. The molecular weight excluding hydrogens is 328 g/mol. The highest BCUT2D eigenvalue weighted by atomic mass is 32.2. The summed E-state index contributed by atoms with van der Waals surface area (Å²) in [6.45, 7) is 5.25. The van der Waals surface area contributed by atoms with E-state index in [1.165, 1.54) is 4.31 Å². The van der Waals surface area contributed by atoms with Gasteiger partial charge in [0.15, 0.2) is 0 Å². The van der Waals surface area contributed by atoms with E-state index in [9.17, 15) is 13.2 Å². The maximum absolute atomic E-state index is 13.1. The molecule has 1 aromatic carbocycles. The zero-order chi connectivity index (χ0) is 17.1. The second-order valence-corrected chi connectivity index (χ2v) is 8.93. The third kappa shape index (κ3) is 2.46. The van der Waals surface area contributed by atoms with Gasteiger partial charge in [0.05, 0.1) is 29.2 Å². The van der Waals surface area contributed by atoms with Gasteiger partial charge in [-0.05, 0) is 49.9 Å². The van der Waals surface area contributed by atoms with E-state index in [0.717, 1.165) is 36.2 Å². The van der Waals surface area contributed by atoms with E-state index < -0.39 is 10.0 Å². The number of morpholine rings is 1. The molecule has 1 fully saturated rings. The molecule has 0 aliphatic carbocycles.